The van der Waals surface area contributed by atoms with Gasteiger partial charge in [0.1, 0.15) is 5.52 Å². The van der Waals surface area contributed by atoms with Gasteiger partial charge in [0, 0.05) is 30.9 Å². The van der Waals surface area contributed by atoms with E-state index in [2.05, 4.69) is 10.3 Å². The zero-order chi connectivity index (χ0) is 24.3. The van der Waals surface area contributed by atoms with Crippen LogP contribution in [0.15, 0.2) is 87.3 Å². The van der Waals surface area contributed by atoms with Crippen LogP contribution in [0.3, 0.4) is 0 Å². The summed E-state index contributed by atoms with van der Waals surface area (Å²) >= 11 is 1.12. The second-order valence-electron chi connectivity index (χ2n) is 7.51. The van der Waals surface area contributed by atoms with Gasteiger partial charge >= 0.3 is 0 Å². The number of hydrogen-bond acceptors (Lipinski definition) is 7. The zero-order valence-corrected chi connectivity index (χ0v) is 20.0. The standard InChI is InChI=1S/C24H21N3O5S2/c1-27(2)34(30,31)19-12-13-22-20(14-19)26-24(32-22)33-15-21(28)16-8-10-18(11-9-16)25-23(29)17-6-4-3-5-7-17/h3-14H,15H2,1-2H3,(H,25,29). The second-order valence-corrected chi connectivity index (χ2v) is 10.6. The van der Waals surface area contributed by atoms with Crippen molar-refractivity contribution in [3.8, 4) is 0 Å². The zero-order valence-electron chi connectivity index (χ0n) is 18.4. The van der Waals surface area contributed by atoms with Gasteiger partial charge in [0.15, 0.2) is 11.4 Å². The van der Waals surface area contributed by atoms with Crippen molar-refractivity contribution in [3.63, 3.8) is 0 Å². The Kier molecular flexibility index (Phi) is 6.82. The molecule has 4 rings (SSSR count). The van der Waals surface area contributed by atoms with Crippen LogP contribution in [0.2, 0.25) is 0 Å². The summed E-state index contributed by atoms with van der Waals surface area (Å²) in [6, 6.07) is 19.9. The lowest BCUT2D eigenvalue weighted by atomic mass is 10.1. The smallest absolute Gasteiger partial charge is 0.257 e. The second kappa shape index (κ2) is 9.80. The number of oxazole rings is 1. The molecule has 0 bridgehead atoms. The molecule has 174 valence electrons. The van der Waals surface area contributed by atoms with Gasteiger partial charge in [0.05, 0.1) is 10.6 Å². The third-order valence-corrected chi connectivity index (χ3v) is 7.58. The van der Waals surface area contributed by atoms with Crippen LogP contribution in [0.25, 0.3) is 11.1 Å². The quantitative estimate of drug-likeness (QED) is 0.287. The number of Topliss-reactive ketones (excluding diaryl/α,β-unsaturated/α-hetero) is 1. The number of amides is 1. The number of sulfonamides is 1. The van der Waals surface area contributed by atoms with Gasteiger partial charge < -0.3 is 9.73 Å². The van der Waals surface area contributed by atoms with Crippen LogP contribution in [0.1, 0.15) is 20.7 Å². The summed E-state index contributed by atoms with van der Waals surface area (Å²) in [5.74, 6) is -0.275. The van der Waals surface area contributed by atoms with Crippen molar-refractivity contribution in [1.29, 1.82) is 0 Å². The van der Waals surface area contributed by atoms with Crippen molar-refractivity contribution in [3.05, 3.63) is 83.9 Å². The predicted molar refractivity (Wildman–Crippen MR) is 131 cm³/mol. The molecular formula is C24H21N3O5S2. The minimum absolute atomic E-state index is 0.0887. The SMILES string of the molecule is CN(C)S(=O)(=O)c1ccc2oc(SCC(=O)c3ccc(NC(=O)c4ccccc4)cc3)nc2c1. The Morgan fingerprint density at radius 1 is 0.971 bits per heavy atom. The molecular weight excluding hydrogens is 474 g/mol. The maximum Gasteiger partial charge on any atom is 0.257 e. The molecule has 0 radical (unpaired) electrons. The van der Waals surface area contributed by atoms with Gasteiger partial charge in [0.25, 0.3) is 11.1 Å². The Bertz CT molecular complexity index is 1450. The van der Waals surface area contributed by atoms with Crippen molar-refractivity contribution in [2.24, 2.45) is 0 Å². The van der Waals surface area contributed by atoms with E-state index in [0.717, 1.165) is 16.1 Å². The van der Waals surface area contributed by atoms with Crippen LogP contribution in [0.5, 0.6) is 0 Å². The largest absolute Gasteiger partial charge is 0.431 e. The van der Waals surface area contributed by atoms with Gasteiger partial charge in [-0.1, -0.05) is 30.0 Å². The lowest BCUT2D eigenvalue weighted by molar-refractivity contribution is 0.101. The number of nitrogens with one attached hydrogen (secondary N) is 1. The van der Waals surface area contributed by atoms with Crippen LogP contribution in [0, 0.1) is 0 Å². The molecule has 0 atom stereocenters. The topological polar surface area (TPSA) is 110 Å². The van der Waals surface area contributed by atoms with E-state index in [-0.39, 0.29) is 27.6 Å². The molecule has 3 aromatic carbocycles. The summed E-state index contributed by atoms with van der Waals surface area (Å²) in [5, 5.41) is 3.07. The first-order valence-electron chi connectivity index (χ1n) is 10.2. The lowest BCUT2D eigenvalue weighted by Crippen LogP contribution is -2.22. The van der Waals surface area contributed by atoms with Gasteiger partial charge in [-0.05, 0) is 54.6 Å². The minimum Gasteiger partial charge on any atom is -0.431 e. The number of anilines is 1. The van der Waals surface area contributed by atoms with Crippen LogP contribution >= 0.6 is 11.8 Å². The predicted octanol–water partition coefficient (Wildman–Crippen LogP) is 4.31. The maximum atomic E-state index is 12.6. The molecule has 1 amide bonds. The van der Waals surface area contributed by atoms with E-state index in [1.807, 2.05) is 6.07 Å². The number of carbonyl (C=O) groups is 2. The average Bonchev–Trinajstić information content (AvgIpc) is 3.25. The third-order valence-electron chi connectivity index (χ3n) is 4.95. The normalized spacial score (nSPS) is 11.6. The average molecular weight is 496 g/mol. The van der Waals surface area contributed by atoms with Crippen molar-refractivity contribution < 1.29 is 22.4 Å². The molecule has 10 heteroatoms. The third kappa shape index (κ3) is 5.19. The fourth-order valence-electron chi connectivity index (χ4n) is 3.06. The molecule has 0 spiro atoms. The monoisotopic (exact) mass is 495 g/mol. The van der Waals surface area contributed by atoms with E-state index in [0.29, 0.717) is 27.9 Å². The maximum absolute atomic E-state index is 12.6. The molecule has 0 aliphatic heterocycles. The van der Waals surface area contributed by atoms with Gasteiger partial charge in [0.2, 0.25) is 10.0 Å². The van der Waals surface area contributed by atoms with Crippen LogP contribution in [-0.4, -0.2) is 49.2 Å². The highest BCUT2D eigenvalue weighted by Crippen LogP contribution is 2.27. The first kappa shape index (κ1) is 23.7. The summed E-state index contributed by atoms with van der Waals surface area (Å²) < 4.78 is 31.4. The van der Waals surface area contributed by atoms with Gasteiger partial charge in [-0.15, -0.1) is 0 Å². The van der Waals surface area contributed by atoms with Gasteiger partial charge in [-0.25, -0.2) is 17.7 Å². The Hall–Kier alpha value is -3.47. The molecule has 1 aromatic heterocycles. The Balaban J connectivity index is 1.39. The molecule has 0 saturated carbocycles. The summed E-state index contributed by atoms with van der Waals surface area (Å²) in [7, 11) is -0.669. The molecule has 0 aliphatic carbocycles. The molecule has 0 saturated heterocycles. The summed E-state index contributed by atoms with van der Waals surface area (Å²) in [6.07, 6.45) is 0. The van der Waals surface area contributed by atoms with Crippen molar-refractivity contribution in [2.75, 3.05) is 25.2 Å². The van der Waals surface area contributed by atoms with Crippen LogP contribution in [0.4, 0.5) is 5.69 Å². The Morgan fingerprint density at radius 2 is 1.68 bits per heavy atom. The van der Waals surface area contributed by atoms with E-state index >= 15 is 0 Å². The van der Waals surface area contributed by atoms with Crippen LogP contribution in [-0.2, 0) is 10.0 Å². The van der Waals surface area contributed by atoms with Crippen molar-refractivity contribution >= 4 is 50.3 Å². The van der Waals surface area contributed by atoms with E-state index in [9.17, 15) is 18.0 Å². The van der Waals surface area contributed by atoms with Gasteiger partial charge in [-0.3, -0.25) is 9.59 Å². The van der Waals surface area contributed by atoms with E-state index < -0.39 is 10.0 Å². The number of carbonyl (C=O) groups excluding carboxylic acids is 2. The minimum atomic E-state index is -3.58. The highest BCUT2D eigenvalue weighted by Gasteiger charge is 2.19. The fraction of sp³-hybridized carbons (Fsp3) is 0.125. The van der Waals surface area contributed by atoms with E-state index in [1.54, 1.807) is 54.6 Å². The number of hydrogen-bond donors (Lipinski definition) is 1. The molecule has 0 fully saturated rings. The Morgan fingerprint density at radius 3 is 2.35 bits per heavy atom. The Labute approximate surface area is 201 Å². The molecule has 4 aromatic rings. The number of rotatable bonds is 8. The first-order chi connectivity index (χ1) is 16.2. The van der Waals surface area contributed by atoms with E-state index in [1.165, 1.54) is 26.2 Å². The highest BCUT2D eigenvalue weighted by molar-refractivity contribution is 7.99. The molecule has 8 nitrogen and oxygen atoms in total. The number of benzene rings is 3. The fourth-order valence-corrected chi connectivity index (χ4v) is 4.72. The lowest BCUT2D eigenvalue weighted by Gasteiger charge is -2.10. The number of fused-ring (bicyclic) bond motifs is 1. The summed E-state index contributed by atoms with van der Waals surface area (Å²) in [4.78, 5) is 29.2. The number of nitrogens with zero attached hydrogens (tertiary/aromatic N) is 2. The highest BCUT2D eigenvalue weighted by atomic mass is 32.2. The molecule has 0 aliphatic rings. The van der Waals surface area contributed by atoms with Crippen molar-refractivity contribution in [2.45, 2.75) is 10.1 Å². The molecule has 0 unspecified atom stereocenters. The molecule has 34 heavy (non-hydrogen) atoms. The van der Waals surface area contributed by atoms with E-state index in [4.69, 9.17) is 4.42 Å². The number of aromatic nitrogens is 1. The van der Waals surface area contributed by atoms with Crippen molar-refractivity contribution in [1.82, 2.24) is 9.29 Å². The molecule has 1 heterocycles. The number of ketones is 1. The first-order valence-corrected chi connectivity index (χ1v) is 12.6. The number of thioether (sulfide) groups is 1. The molecule has 1 N–H and O–H groups in total. The van der Waals surface area contributed by atoms with Crippen LogP contribution < -0.4 is 5.32 Å². The summed E-state index contributed by atoms with van der Waals surface area (Å²) in [6.45, 7) is 0. The summed E-state index contributed by atoms with van der Waals surface area (Å²) in [5.41, 5.74) is 2.45. The van der Waals surface area contributed by atoms with Gasteiger partial charge in [-0.2, -0.15) is 0 Å².